The van der Waals surface area contributed by atoms with Gasteiger partial charge in [-0.1, -0.05) is 42.1 Å². The lowest BCUT2D eigenvalue weighted by molar-refractivity contribution is -0.144. The normalized spacial score (nSPS) is 12.2. The molecule has 6 nitrogen and oxygen atoms in total. The number of thioether (sulfide) groups is 1. The molecular weight excluding hydrogens is 406 g/mol. The van der Waals surface area contributed by atoms with Crippen molar-refractivity contribution in [3.05, 3.63) is 60.3 Å². The summed E-state index contributed by atoms with van der Waals surface area (Å²) >= 11 is 2.91. The first-order valence-corrected chi connectivity index (χ1v) is 10.8. The highest BCUT2D eigenvalue weighted by atomic mass is 32.2. The fraction of sp³-hybridized carbons (Fsp3) is 0.190. The van der Waals surface area contributed by atoms with Crippen molar-refractivity contribution in [3.63, 3.8) is 0 Å². The second-order valence-corrected chi connectivity index (χ2v) is 8.70. The molecule has 29 heavy (non-hydrogen) atoms. The Bertz CT molecular complexity index is 1140. The van der Waals surface area contributed by atoms with Crippen LogP contribution in [0.1, 0.15) is 5.56 Å². The monoisotopic (exact) mass is 425 g/mol. The first-order valence-electron chi connectivity index (χ1n) is 9.04. The van der Waals surface area contributed by atoms with Crippen molar-refractivity contribution in [3.8, 4) is 0 Å². The molecule has 4 aromatic rings. The van der Waals surface area contributed by atoms with Crippen LogP contribution < -0.4 is 5.32 Å². The number of fused-ring (bicyclic) bond motifs is 2. The van der Waals surface area contributed by atoms with Crippen LogP contribution in [-0.4, -0.2) is 40.7 Å². The highest BCUT2D eigenvalue weighted by Crippen LogP contribution is 2.29. The smallest absolute Gasteiger partial charge is 0.328 e. The number of carbonyl (C=O) groups excluding carboxylic acids is 2. The molecule has 0 spiro atoms. The molecule has 0 radical (unpaired) electrons. The van der Waals surface area contributed by atoms with E-state index in [2.05, 4.69) is 15.3 Å². The predicted octanol–water partition coefficient (Wildman–Crippen LogP) is 3.77. The second kappa shape index (κ2) is 8.67. The maximum absolute atomic E-state index is 12.5. The largest absolute Gasteiger partial charge is 0.467 e. The van der Waals surface area contributed by atoms with Crippen LogP contribution in [0.25, 0.3) is 21.1 Å². The lowest BCUT2D eigenvalue weighted by Crippen LogP contribution is -2.43. The lowest BCUT2D eigenvalue weighted by atomic mass is 10.0. The Kier molecular flexibility index (Phi) is 5.82. The van der Waals surface area contributed by atoms with Crippen LogP contribution in [0.15, 0.2) is 59.1 Å². The first-order chi connectivity index (χ1) is 14.1. The van der Waals surface area contributed by atoms with Crippen molar-refractivity contribution >= 4 is 56.1 Å². The van der Waals surface area contributed by atoms with Gasteiger partial charge in [0, 0.05) is 23.5 Å². The number of hydrogen-bond donors (Lipinski definition) is 2. The van der Waals surface area contributed by atoms with Crippen molar-refractivity contribution in [1.29, 1.82) is 0 Å². The van der Waals surface area contributed by atoms with E-state index in [9.17, 15) is 9.59 Å². The first kappa shape index (κ1) is 19.5. The van der Waals surface area contributed by atoms with E-state index in [1.807, 2.05) is 54.7 Å². The number of amides is 1. The number of ether oxygens (including phenoxy) is 1. The van der Waals surface area contributed by atoms with Gasteiger partial charge in [-0.15, -0.1) is 11.3 Å². The summed E-state index contributed by atoms with van der Waals surface area (Å²) in [6.45, 7) is 0. The maximum Gasteiger partial charge on any atom is 0.328 e. The number of H-pyrrole nitrogens is 1. The van der Waals surface area contributed by atoms with Gasteiger partial charge in [0.05, 0.1) is 23.1 Å². The molecule has 2 aromatic heterocycles. The van der Waals surface area contributed by atoms with Crippen molar-refractivity contribution < 1.29 is 14.3 Å². The summed E-state index contributed by atoms with van der Waals surface area (Å²) in [4.78, 5) is 32.4. The summed E-state index contributed by atoms with van der Waals surface area (Å²) in [6.07, 6.45) is 2.22. The molecule has 0 saturated carbocycles. The van der Waals surface area contributed by atoms with Crippen LogP contribution in [0.5, 0.6) is 0 Å². The summed E-state index contributed by atoms with van der Waals surface area (Å²) in [5, 5.41) is 3.83. The molecule has 0 bridgehead atoms. The summed E-state index contributed by atoms with van der Waals surface area (Å²) in [6, 6.07) is 15.0. The van der Waals surface area contributed by atoms with Gasteiger partial charge >= 0.3 is 5.97 Å². The molecule has 0 saturated heterocycles. The molecule has 0 aliphatic heterocycles. The number of thiazole rings is 1. The Hall–Kier alpha value is -2.84. The third-order valence-electron chi connectivity index (χ3n) is 4.52. The van der Waals surface area contributed by atoms with E-state index in [0.717, 1.165) is 31.0 Å². The quantitative estimate of drug-likeness (QED) is 0.348. The molecule has 0 fully saturated rings. The zero-order valence-electron chi connectivity index (χ0n) is 15.7. The van der Waals surface area contributed by atoms with Crippen LogP contribution in [-0.2, 0) is 20.7 Å². The molecular formula is C21H19N3O3S2. The molecule has 8 heteroatoms. The summed E-state index contributed by atoms with van der Waals surface area (Å²) < 4.78 is 6.81. The number of hydrogen-bond acceptors (Lipinski definition) is 6. The Morgan fingerprint density at radius 2 is 2.00 bits per heavy atom. The third kappa shape index (κ3) is 4.44. The number of benzene rings is 2. The van der Waals surface area contributed by atoms with Crippen LogP contribution in [0.3, 0.4) is 0 Å². The standard InChI is InChI=1S/C21H19N3O3S2/c1-27-20(26)17(10-13-11-22-15-7-3-2-6-14(13)15)23-19(25)12-28-21-24-16-8-4-5-9-18(16)29-21/h2-9,11,17,22H,10,12H2,1H3,(H,23,25). The van der Waals surface area contributed by atoms with E-state index in [4.69, 9.17) is 4.74 Å². The number of nitrogens with one attached hydrogen (secondary N) is 2. The average Bonchev–Trinajstić information content (AvgIpc) is 3.35. The Balaban J connectivity index is 1.42. The van der Waals surface area contributed by atoms with Gasteiger partial charge in [0.2, 0.25) is 5.91 Å². The number of carbonyl (C=O) groups is 2. The SMILES string of the molecule is COC(=O)C(Cc1c[nH]c2ccccc12)NC(=O)CSc1nc2ccccc2s1. The van der Waals surface area contributed by atoms with Crippen LogP contribution >= 0.6 is 23.1 Å². The number of para-hydroxylation sites is 2. The van der Waals surface area contributed by atoms with Crippen molar-refractivity contribution in [2.24, 2.45) is 0 Å². The Morgan fingerprint density at radius 1 is 1.21 bits per heavy atom. The Labute approximate surface area is 175 Å². The summed E-state index contributed by atoms with van der Waals surface area (Å²) in [5.41, 5.74) is 2.87. The lowest BCUT2D eigenvalue weighted by Gasteiger charge is -2.16. The molecule has 1 amide bonds. The van der Waals surface area contributed by atoms with E-state index in [0.29, 0.717) is 6.42 Å². The number of rotatable bonds is 7. The zero-order chi connectivity index (χ0) is 20.2. The molecule has 1 unspecified atom stereocenters. The van der Waals surface area contributed by atoms with Crippen molar-refractivity contribution in [2.45, 2.75) is 16.8 Å². The van der Waals surface area contributed by atoms with Gasteiger partial charge in [0.25, 0.3) is 0 Å². The van der Waals surface area contributed by atoms with E-state index in [-0.39, 0.29) is 11.7 Å². The second-order valence-electron chi connectivity index (χ2n) is 6.44. The topological polar surface area (TPSA) is 84.1 Å². The van der Waals surface area contributed by atoms with Gasteiger partial charge in [0.15, 0.2) is 4.34 Å². The minimum absolute atomic E-state index is 0.182. The number of nitrogens with zero attached hydrogens (tertiary/aromatic N) is 1. The van der Waals surface area contributed by atoms with Gasteiger partial charge < -0.3 is 15.0 Å². The van der Waals surface area contributed by atoms with Gasteiger partial charge in [-0.2, -0.15) is 0 Å². The highest BCUT2D eigenvalue weighted by Gasteiger charge is 2.23. The van der Waals surface area contributed by atoms with Gasteiger partial charge in [0.1, 0.15) is 6.04 Å². The fourth-order valence-electron chi connectivity index (χ4n) is 3.13. The van der Waals surface area contributed by atoms with Gasteiger partial charge in [-0.05, 0) is 23.8 Å². The predicted molar refractivity (Wildman–Crippen MR) is 116 cm³/mol. The average molecular weight is 426 g/mol. The van der Waals surface area contributed by atoms with Crippen LogP contribution in [0, 0.1) is 0 Å². The number of methoxy groups -OCH3 is 1. The van der Waals surface area contributed by atoms with Crippen molar-refractivity contribution in [2.75, 3.05) is 12.9 Å². The van der Waals surface area contributed by atoms with E-state index in [1.54, 1.807) is 11.3 Å². The minimum Gasteiger partial charge on any atom is -0.467 e. The fourth-order valence-corrected chi connectivity index (χ4v) is 5.01. The number of aromatic amines is 1. The van der Waals surface area contributed by atoms with E-state index >= 15 is 0 Å². The van der Waals surface area contributed by atoms with Gasteiger partial charge in [-0.25, -0.2) is 9.78 Å². The molecule has 0 aliphatic rings. The van der Waals surface area contributed by atoms with E-state index in [1.165, 1.54) is 18.9 Å². The molecule has 0 aliphatic carbocycles. The number of esters is 1. The maximum atomic E-state index is 12.5. The molecule has 2 heterocycles. The summed E-state index contributed by atoms with van der Waals surface area (Å²) in [5.74, 6) is -0.514. The highest BCUT2D eigenvalue weighted by molar-refractivity contribution is 8.01. The molecule has 1 atom stereocenters. The van der Waals surface area contributed by atoms with E-state index < -0.39 is 12.0 Å². The third-order valence-corrected chi connectivity index (χ3v) is 6.70. The molecule has 2 aromatic carbocycles. The minimum atomic E-state index is -0.748. The molecule has 148 valence electrons. The van der Waals surface area contributed by atoms with Crippen LogP contribution in [0.2, 0.25) is 0 Å². The van der Waals surface area contributed by atoms with Crippen LogP contribution in [0.4, 0.5) is 0 Å². The number of aromatic nitrogens is 2. The van der Waals surface area contributed by atoms with Gasteiger partial charge in [-0.3, -0.25) is 4.79 Å². The summed E-state index contributed by atoms with van der Waals surface area (Å²) in [7, 11) is 1.33. The Morgan fingerprint density at radius 3 is 2.83 bits per heavy atom. The zero-order valence-corrected chi connectivity index (χ0v) is 17.3. The molecule has 2 N–H and O–H groups in total. The molecule has 4 rings (SSSR count). The van der Waals surface area contributed by atoms with Crippen molar-refractivity contribution in [1.82, 2.24) is 15.3 Å².